The van der Waals surface area contributed by atoms with Crippen LogP contribution in [0.25, 0.3) is 0 Å². The highest BCUT2D eigenvalue weighted by atomic mass is 16.5. The van der Waals surface area contributed by atoms with Crippen molar-refractivity contribution in [3.8, 4) is 0 Å². The van der Waals surface area contributed by atoms with Crippen molar-refractivity contribution in [2.24, 2.45) is 17.8 Å². The second-order valence-electron chi connectivity index (χ2n) is 7.39. The van der Waals surface area contributed by atoms with Crippen LogP contribution < -0.4 is 0 Å². The molecule has 4 heteroatoms. The second kappa shape index (κ2) is 10.7. The van der Waals surface area contributed by atoms with E-state index in [9.17, 15) is 9.59 Å². The number of carboxylic acids is 1. The Morgan fingerprint density at radius 3 is 2.52 bits per heavy atom. The lowest BCUT2D eigenvalue weighted by atomic mass is 9.72. The molecule has 134 valence electrons. The van der Waals surface area contributed by atoms with E-state index in [1.165, 1.54) is 25.7 Å². The van der Waals surface area contributed by atoms with Gasteiger partial charge in [0, 0.05) is 0 Å². The van der Waals surface area contributed by atoms with Gasteiger partial charge in [-0.3, -0.25) is 9.59 Å². The van der Waals surface area contributed by atoms with Crippen molar-refractivity contribution >= 4 is 11.9 Å². The van der Waals surface area contributed by atoms with Crippen molar-refractivity contribution in [3.63, 3.8) is 0 Å². The maximum Gasteiger partial charge on any atom is 0.306 e. The fraction of sp³-hybridized carbons (Fsp3) is 0.895. The number of carbonyl (C=O) groups excluding carboxylic acids is 1. The molecular weight excluding hydrogens is 292 g/mol. The Balaban J connectivity index is 2.63. The van der Waals surface area contributed by atoms with Crippen LogP contribution in [0.5, 0.6) is 0 Å². The van der Waals surface area contributed by atoms with Crippen molar-refractivity contribution < 1.29 is 19.4 Å². The number of carboxylic acid groups (broad SMARTS) is 1. The van der Waals surface area contributed by atoms with Crippen LogP contribution >= 0.6 is 0 Å². The largest absolute Gasteiger partial charge is 0.481 e. The number of rotatable bonds is 10. The first-order valence-electron chi connectivity index (χ1n) is 9.35. The number of esters is 1. The Morgan fingerprint density at radius 2 is 1.91 bits per heavy atom. The monoisotopic (exact) mass is 326 g/mol. The van der Waals surface area contributed by atoms with E-state index in [1.54, 1.807) is 0 Å². The Hall–Kier alpha value is -1.06. The molecular formula is C19H34O4. The molecule has 1 rings (SSSR count). The SMILES string of the molecule is CCCCC1CCCC(OC(=O)CCC(=O)O)C1CCC(C)C. The van der Waals surface area contributed by atoms with E-state index in [2.05, 4.69) is 20.8 Å². The molecule has 0 bridgehead atoms. The number of hydrogen-bond acceptors (Lipinski definition) is 3. The van der Waals surface area contributed by atoms with Crippen LogP contribution in [0.15, 0.2) is 0 Å². The van der Waals surface area contributed by atoms with Gasteiger partial charge in [-0.25, -0.2) is 0 Å². The Kier molecular flexibility index (Phi) is 9.27. The number of unbranched alkanes of at least 4 members (excludes halogenated alkanes) is 1. The minimum Gasteiger partial charge on any atom is -0.481 e. The fourth-order valence-electron chi connectivity index (χ4n) is 3.67. The van der Waals surface area contributed by atoms with E-state index >= 15 is 0 Å². The third kappa shape index (κ3) is 7.85. The van der Waals surface area contributed by atoms with E-state index < -0.39 is 5.97 Å². The number of ether oxygens (including phenoxy) is 1. The zero-order chi connectivity index (χ0) is 17.2. The molecule has 1 N–H and O–H groups in total. The van der Waals surface area contributed by atoms with Gasteiger partial charge in [-0.1, -0.05) is 46.5 Å². The van der Waals surface area contributed by atoms with Gasteiger partial charge in [-0.2, -0.15) is 0 Å². The lowest BCUT2D eigenvalue weighted by Gasteiger charge is -2.38. The lowest BCUT2D eigenvalue weighted by Crippen LogP contribution is -2.36. The molecule has 1 aliphatic carbocycles. The molecule has 23 heavy (non-hydrogen) atoms. The molecule has 0 heterocycles. The molecule has 4 nitrogen and oxygen atoms in total. The topological polar surface area (TPSA) is 63.6 Å². The quantitative estimate of drug-likeness (QED) is 0.585. The predicted octanol–water partition coefficient (Wildman–Crippen LogP) is 4.81. The van der Waals surface area contributed by atoms with Crippen molar-refractivity contribution in [2.45, 2.75) is 91.1 Å². The van der Waals surface area contributed by atoms with Gasteiger partial charge in [0.15, 0.2) is 0 Å². The minimum absolute atomic E-state index is 0.00866. The van der Waals surface area contributed by atoms with Crippen molar-refractivity contribution in [3.05, 3.63) is 0 Å². The van der Waals surface area contributed by atoms with Gasteiger partial charge in [0.2, 0.25) is 0 Å². The van der Waals surface area contributed by atoms with Gasteiger partial charge in [-0.15, -0.1) is 0 Å². The molecule has 0 saturated heterocycles. The van der Waals surface area contributed by atoms with Gasteiger partial charge in [0.25, 0.3) is 0 Å². The summed E-state index contributed by atoms with van der Waals surface area (Å²) >= 11 is 0. The number of carbonyl (C=O) groups is 2. The summed E-state index contributed by atoms with van der Waals surface area (Å²) in [5, 5.41) is 8.70. The van der Waals surface area contributed by atoms with Crippen molar-refractivity contribution in [1.82, 2.24) is 0 Å². The number of hydrogen-bond donors (Lipinski definition) is 1. The summed E-state index contributed by atoms with van der Waals surface area (Å²) in [7, 11) is 0. The van der Waals surface area contributed by atoms with E-state index in [0.29, 0.717) is 17.8 Å². The molecule has 1 saturated carbocycles. The van der Waals surface area contributed by atoms with Crippen LogP contribution in [0.2, 0.25) is 0 Å². The van der Waals surface area contributed by atoms with Crippen LogP contribution in [0.3, 0.4) is 0 Å². The van der Waals surface area contributed by atoms with Crippen LogP contribution in [0.4, 0.5) is 0 Å². The van der Waals surface area contributed by atoms with E-state index in [1.807, 2.05) is 0 Å². The zero-order valence-electron chi connectivity index (χ0n) is 15.1. The molecule has 0 aliphatic heterocycles. The van der Waals surface area contributed by atoms with Crippen molar-refractivity contribution in [2.75, 3.05) is 0 Å². The third-order valence-electron chi connectivity index (χ3n) is 4.98. The second-order valence-corrected chi connectivity index (χ2v) is 7.39. The smallest absolute Gasteiger partial charge is 0.306 e. The van der Waals surface area contributed by atoms with Gasteiger partial charge in [-0.05, 0) is 43.4 Å². The summed E-state index contributed by atoms with van der Waals surface area (Å²) in [6.07, 6.45) is 9.08. The normalized spacial score (nSPS) is 24.6. The summed E-state index contributed by atoms with van der Waals surface area (Å²) in [5.41, 5.74) is 0. The molecule has 1 aliphatic rings. The van der Waals surface area contributed by atoms with Crippen LogP contribution in [-0.2, 0) is 14.3 Å². The Bertz CT molecular complexity index is 364. The van der Waals surface area contributed by atoms with Gasteiger partial charge < -0.3 is 9.84 Å². The molecule has 0 radical (unpaired) electrons. The first-order chi connectivity index (χ1) is 10.9. The van der Waals surface area contributed by atoms with Crippen LogP contribution in [0, 0.1) is 17.8 Å². The van der Waals surface area contributed by atoms with E-state index in [0.717, 1.165) is 25.7 Å². The summed E-state index contributed by atoms with van der Waals surface area (Å²) in [5.74, 6) is 0.476. The lowest BCUT2D eigenvalue weighted by molar-refractivity contribution is -0.158. The predicted molar refractivity (Wildman–Crippen MR) is 91.2 cm³/mol. The first kappa shape index (κ1) is 20.0. The molecule has 3 atom stereocenters. The molecule has 0 aromatic carbocycles. The van der Waals surface area contributed by atoms with E-state index in [-0.39, 0.29) is 24.9 Å². The summed E-state index contributed by atoms with van der Waals surface area (Å²) in [6, 6.07) is 0. The first-order valence-corrected chi connectivity index (χ1v) is 9.35. The average molecular weight is 326 g/mol. The van der Waals surface area contributed by atoms with Crippen molar-refractivity contribution in [1.29, 1.82) is 0 Å². The van der Waals surface area contributed by atoms with Gasteiger partial charge in [0.05, 0.1) is 12.8 Å². The maximum atomic E-state index is 11.9. The summed E-state index contributed by atoms with van der Waals surface area (Å²) < 4.78 is 5.69. The van der Waals surface area contributed by atoms with Gasteiger partial charge in [0.1, 0.15) is 6.10 Å². The molecule has 3 unspecified atom stereocenters. The maximum absolute atomic E-state index is 11.9. The van der Waals surface area contributed by atoms with Crippen LogP contribution in [-0.4, -0.2) is 23.1 Å². The Morgan fingerprint density at radius 1 is 1.17 bits per heavy atom. The minimum atomic E-state index is -0.942. The summed E-state index contributed by atoms with van der Waals surface area (Å²) in [4.78, 5) is 22.5. The fourth-order valence-corrected chi connectivity index (χ4v) is 3.67. The average Bonchev–Trinajstić information content (AvgIpc) is 2.49. The third-order valence-corrected chi connectivity index (χ3v) is 4.98. The molecule has 1 fully saturated rings. The highest BCUT2D eigenvalue weighted by Gasteiger charge is 2.35. The Labute approximate surface area is 141 Å². The van der Waals surface area contributed by atoms with Crippen LogP contribution in [0.1, 0.15) is 85.0 Å². The standard InChI is InChI=1S/C19H34O4/c1-4-5-7-15-8-6-9-17(16(15)11-10-14(2)3)23-19(22)13-12-18(20)21/h14-17H,4-13H2,1-3H3,(H,20,21). The molecule has 0 aromatic heterocycles. The number of aliphatic carboxylic acids is 1. The molecule has 0 spiro atoms. The van der Waals surface area contributed by atoms with E-state index in [4.69, 9.17) is 9.84 Å². The molecule has 0 aromatic rings. The molecule has 0 amide bonds. The highest BCUT2D eigenvalue weighted by molar-refractivity contribution is 5.76. The zero-order valence-corrected chi connectivity index (χ0v) is 15.1. The summed E-state index contributed by atoms with van der Waals surface area (Å²) in [6.45, 7) is 6.69. The van der Waals surface area contributed by atoms with Gasteiger partial charge >= 0.3 is 11.9 Å². The highest BCUT2D eigenvalue weighted by Crippen LogP contribution is 2.39.